The van der Waals surface area contributed by atoms with Crippen LogP contribution in [0.15, 0.2) is 0 Å². The van der Waals surface area contributed by atoms with Gasteiger partial charge in [0.2, 0.25) is 10.0 Å². The second kappa shape index (κ2) is 5.89. The summed E-state index contributed by atoms with van der Waals surface area (Å²) in [5.74, 6) is 0.405. The van der Waals surface area contributed by atoms with Crippen molar-refractivity contribution in [3.8, 4) is 0 Å². The Morgan fingerprint density at radius 2 is 1.65 bits per heavy atom. The molecule has 0 aromatic rings. The lowest BCUT2D eigenvalue weighted by atomic mass is 9.93. The van der Waals surface area contributed by atoms with Crippen LogP contribution in [0.2, 0.25) is 0 Å². The van der Waals surface area contributed by atoms with E-state index in [4.69, 9.17) is 11.6 Å². The van der Waals surface area contributed by atoms with E-state index in [1.54, 1.807) is 4.31 Å². The van der Waals surface area contributed by atoms with E-state index in [1.165, 1.54) is 6.42 Å². The van der Waals surface area contributed by atoms with E-state index in [-0.39, 0.29) is 11.3 Å². The molecule has 0 spiro atoms. The summed E-state index contributed by atoms with van der Waals surface area (Å²) >= 11 is 5.76. The van der Waals surface area contributed by atoms with E-state index >= 15 is 0 Å². The van der Waals surface area contributed by atoms with Crippen LogP contribution in [0.1, 0.15) is 51.4 Å². The van der Waals surface area contributed by atoms with Crippen molar-refractivity contribution in [1.29, 1.82) is 0 Å². The second-order valence-corrected chi connectivity index (χ2v) is 7.73. The largest absolute Gasteiger partial charge is 0.217 e. The Balaban J connectivity index is 2.08. The van der Waals surface area contributed by atoms with Gasteiger partial charge in [0.25, 0.3) is 0 Å². The first-order valence-electron chi connectivity index (χ1n) is 6.73. The van der Waals surface area contributed by atoms with E-state index in [0.29, 0.717) is 12.4 Å². The van der Waals surface area contributed by atoms with Crippen LogP contribution in [0.4, 0.5) is 0 Å². The Labute approximate surface area is 110 Å². The highest BCUT2D eigenvalue weighted by Gasteiger charge is 2.38. The third-order valence-electron chi connectivity index (χ3n) is 4.09. The summed E-state index contributed by atoms with van der Waals surface area (Å²) in [7, 11) is -3.10. The monoisotopic (exact) mass is 279 g/mol. The van der Waals surface area contributed by atoms with Gasteiger partial charge in [-0.3, -0.25) is 0 Å². The number of rotatable bonds is 5. The lowest BCUT2D eigenvalue weighted by Crippen LogP contribution is -2.49. The fraction of sp³-hybridized carbons (Fsp3) is 1.00. The second-order valence-electron chi connectivity index (χ2n) is 5.19. The van der Waals surface area contributed by atoms with Gasteiger partial charge in [0.1, 0.15) is 0 Å². The van der Waals surface area contributed by atoms with Gasteiger partial charge >= 0.3 is 0 Å². The number of halogens is 1. The molecule has 17 heavy (non-hydrogen) atoms. The molecule has 2 fully saturated rings. The highest BCUT2D eigenvalue weighted by atomic mass is 35.5. The zero-order chi connectivity index (χ0) is 12.3. The zero-order valence-corrected chi connectivity index (χ0v) is 11.8. The van der Waals surface area contributed by atoms with Crippen LogP contribution in [-0.2, 0) is 10.0 Å². The van der Waals surface area contributed by atoms with Crippen LogP contribution in [-0.4, -0.2) is 36.4 Å². The number of sulfonamides is 1. The van der Waals surface area contributed by atoms with Gasteiger partial charge < -0.3 is 0 Å². The molecule has 0 aliphatic heterocycles. The Morgan fingerprint density at radius 1 is 1.00 bits per heavy atom. The molecule has 0 bridgehead atoms. The van der Waals surface area contributed by atoms with Crippen molar-refractivity contribution >= 4 is 21.6 Å². The minimum Gasteiger partial charge on any atom is -0.212 e. The van der Waals surface area contributed by atoms with E-state index < -0.39 is 10.0 Å². The first-order valence-corrected chi connectivity index (χ1v) is 8.76. The van der Waals surface area contributed by atoms with Crippen LogP contribution in [0.5, 0.6) is 0 Å². The maximum atomic E-state index is 12.6. The molecular formula is C12H22ClNO2S. The molecule has 0 radical (unpaired) electrons. The molecule has 2 aliphatic carbocycles. The van der Waals surface area contributed by atoms with Gasteiger partial charge in [0.15, 0.2) is 0 Å². The first-order chi connectivity index (χ1) is 8.16. The third-order valence-corrected chi connectivity index (χ3v) is 6.70. The van der Waals surface area contributed by atoms with Crippen molar-refractivity contribution in [1.82, 2.24) is 4.31 Å². The first kappa shape index (κ1) is 13.6. The zero-order valence-electron chi connectivity index (χ0n) is 10.3. The highest BCUT2D eigenvalue weighted by Crippen LogP contribution is 2.32. The summed E-state index contributed by atoms with van der Waals surface area (Å²) in [5, 5.41) is -0.139. The van der Waals surface area contributed by atoms with Crippen molar-refractivity contribution in [3.63, 3.8) is 0 Å². The average Bonchev–Trinajstić information content (AvgIpc) is 2.27. The summed E-state index contributed by atoms with van der Waals surface area (Å²) in [6, 6.07) is 0.237. The number of hydrogen-bond donors (Lipinski definition) is 0. The smallest absolute Gasteiger partial charge is 0.212 e. The molecule has 0 amide bonds. The fourth-order valence-electron chi connectivity index (χ4n) is 2.83. The lowest BCUT2D eigenvalue weighted by Gasteiger charge is -2.39. The van der Waals surface area contributed by atoms with Gasteiger partial charge in [0, 0.05) is 18.5 Å². The molecule has 0 aromatic heterocycles. The van der Waals surface area contributed by atoms with Crippen molar-refractivity contribution in [2.45, 2.75) is 62.7 Å². The number of nitrogens with zero attached hydrogens (tertiary/aromatic N) is 1. The van der Waals surface area contributed by atoms with Gasteiger partial charge in [-0.15, -0.1) is 11.6 Å². The Bertz CT molecular complexity index is 334. The summed E-state index contributed by atoms with van der Waals surface area (Å²) < 4.78 is 26.9. The maximum absolute atomic E-state index is 12.6. The number of alkyl halides is 1. The molecule has 5 heteroatoms. The van der Waals surface area contributed by atoms with E-state index in [2.05, 4.69) is 0 Å². The topological polar surface area (TPSA) is 37.4 Å². The lowest BCUT2D eigenvalue weighted by molar-refractivity contribution is 0.223. The van der Waals surface area contributed by atoms with E-state index in [9.17, 15) is 8.42 Å². The van der Waals surface area contributed by atoms with Crippen LogP contribution in [0, 0.1) is 0 Å². The van der Waals surface area contributed by atoms with Crippen LogP contribution in [0.3, 0.4) is 0 Å². The molecule has 2 rings (SSSR count). The predicted molar refractivity (Wildman–Crippen MR) is 70.9 cm³/mol. The molecule has 3 nitrogen and oxygen atoms in total. The van der Waals surface area contributed by atoms with Gasteiger partial charge in [-0.2, -0.15) is 4.31 Å². The SMILES string of the molecule is O=S(=O)(C1CCCCC1)N(CCCl)C1CCC1. The average molecular weight is 280 g/mol. The normalized spacial score (nSPS) is 23.9. The van der Waals surface area contributed by atoms with Crippen molar-refractivity contribution in [3.05, 3.63) is 0 Å². The van der Waals surface area contributed by atoms with Gasteiger partial charge in [-0.1, -0.05) is 25.7 Å². The van der Waals surface area contributed by atoms with Crippen molar-refractivity contribution in [2.24, 2.45) is 0 Å². The maximum Gasteiger partial charge on any atom is 0.217 e. The molecule has 2 aliphatic rings. The molecular weight excluding hydrogens is 258 g/mol. The van der Waals surface area contributed by atoms with Gasteiger partial charge in [0.05, 0.1) is 5.25 Å². The summed E-state index contributed by atoms with van der Waals surface area (Å²) in [5.41, 5.74) is 0. The van der Waals surface area contributed by atoms with Crippen LogP contribution >= 0.6 is 11.6 Å². The van der Waals surface area contributed by atoms with E-state index in [0.717, 1.165) is 44.9 Å². The van der Waals surface area contributed by atoms with Gasteiger partial charge in [-0.05, 0) is 25.7 Å². The Hall–Kier alpha value is 0.200. The Morgan fingerprint density at radius 3 is 2.12 bits per heavy atom. The minimum atomic E-state index is -3.10. The molecule has 100 valence electrons. The number of hydrogen-bond acceptors (Lipinski definition) is 2. The third kappa shape index (κ3) is 2.96. The highest BCUT2D eigenvalue weighted by molar-refractivity contribution is 7.89. The summed E-state index contributed by atoms with van der Waals surface area (Å²) in [6.45, 7) is 0.491. The van der Waals surface area contributed by atoms with Crippen LogP contribution < -0.4 is 0 Å². The molecule has 0 N–H and O–H groups in total. The van der Waals surface area contributed by atoms with E-state index in [1.807, 2.05) is 0 Å². The molecule has 0 heterocycles. The standard InChI is InChI=1S/C12H22ClNO2S/c13-9-10-14(11-5-4-6-11)17(15,16)12-7-2-1-3-8-12/h11-12H,1-10H2. The van der Waals surface area contributed by atoms with Gasteiger partial charge in [-0.25, -0.2) is 8.42 Å². The molecule has 0 unspecified atom stereocenters. The molecule has 2 saturated carbocycles. The minimum absolute atomic E-state index is 0.139. The molecule has 0 saturated heterocycles. The quantitative estimate of drug-likeness (QED) is 0.726. The summed E-state index contributed by atoms with van der Waals surface area (Å²) in [4.78, 5) is 0. The molecule has 0 atom stereocenters. The summed E-state index contributed by atoms with van der Waals surface area (Å²) in [6.07, 6.45) is 8.18. The Kier molecular flexibility index (Phi) is 4.72. The molecule has 0 aromatic carbocycles. The van der Waals surface area contributed by atoms with Crippen molar-refractivity contribution < 1.29 is 8.42 Å². The fourth-order valence-corrected chi connectivity index (χ4v) is 5.40. The van der Waals surface area contributed by atoms with Crippen molar-refractivity contribution in [2.75, 3.05) is 12.4 Å². The predicted octanol–water partition coefficient (Wildman–Crippen LogP) is 2.74. The van der Waals surface area contributed by atoms with Crippen LogP contribution in [0.25, 0.3) is 0 Å².